The fraction of sp³-hybridized carbons (Fsp3) is 0.647. The summed E-state index contributed by atoms with van der Waals surface area (Å²) in [7, 11) is 0. The number of benzene rings is 1. The van der Waals surface area contributed by atoms with E-state index < -0.39 is 0 Å². The summed E-state index contributed by atoms with van der Waals surface area (Å²) < 4.78 is 14.2. The quantitative estimate of drug-likeness (QED) is 0.765. The van der Waals surface area contributed by atoms with Gasteiger partial charge in [0.15, 0.2) is 0 Å². The van der Waals surface area contributed by atoms with Crippen molar-refractivity contribution in [2.24, 2.45) is 17.3 Å². The van der Waals surface area contributed by atoms with E-state index >= 15 is 0 Å². The van der Waals surface area contributed by atoms with E-state index in [9.17, 15) is 4.39 Å². The molecule has 1 aromatic rings. The molecule has 1 nitrogen and oxygen atoms in total. The summed E-state index contributed by atoms with van der Waals surface area (Å²) in [6.45, 7) is 4.25. The van der Waals surface area contributed by atoms with Crippen LogP contribution in [0.15, 0.2) is 18.2 Å². The van der Waals surface area contributed by atoms with Crippen LogP contribution in [0.4, 0.5) is 4.39 Å². The SMILES string of the molecule is CCCNCC1(Cc2cccc(Cl)c2F)CC2CC2C1. The van der Waals surface area contributed by atoms with Gasteiger partial charge >= 0.3 is 0 Å². The smallest absolute Gasteiger partial charge is 0.144 e. The Morgan fingerprint density at radius 2 is 2.10 bits per heavy atom. The van der Waals surface area contributed by atoms with Crippen LogP contribution in [0.1, 0.15) is 38.2 Å². The molecule has 3 heteroatoms. The number of hydrogen-bond acceptors (Lipinski definition) is 1. The van der Waals surface area contributed by atoms with Crippen molar-refractivity contribution in [3.05, 3.63) is 34.6 Å². The molecular formula is C17H23ClFN. The number of halogens is 2. The Morgan fingerprint density at radius 1 is 1.35 bits per heavy atom. The lowest BCUT2D eigenvalue weighted by Crippen LogP contribution is -2.35. The Balaban J connectivity index is 1.74. The van der Waals surface area contributed by atoms with E-state index in [1.54, 1.807) is 6.07 Å². The first kappa shape index (κ1) is 14.3. The van der Waals surface area contributed by atoms with Gasteiger partial charge in [0.2, 0.25) is 0 Å². The summed E-state index contributed by atoms with van der Waals surface area (Å²) in [5.74, 6) is 1.59. The molecule has 0 radical (unpaired) electrons. The lowest BCUT2D eigenvalue weighted by atomic mass is 9.77. The van der Waals surface area contributed by atoms with E-state index in [1.165, 1.54) is 19.3 Å². The Hall–Kier alpha value is -0.600. The first-order valence-electron chi connectivity index (χ1n) is 7.77. The highest BCUT2D eigenvalue weighted by atomic mass is 35.5. The molecule has 2 saturated carbocycles. The standard InChI is InChI=1S/C17H23ClFN/c1-2-6-20-11-17(9-13-7-14(13)10-17)8-12-4-3-5-15(18)16(12)19/h3-5,13-14,20H,2,6-11H2,1H3. The van der Waals surface area contributed by atoms with Crippen LogP contribution >= 0.6 is 11.6 Å². The number of nitrogens with one attached hydrogen (secondary N) is 1. The van der Waals surface area contributed by atoms with E-state index in [-0.39, 0.29) is 16.3 Å². The highest BCUT2D eigenvalue weighted by molar-refractivity contribution is 6.30. The van der Waals surface area contributed by atoms with Crippen LogP contribution in [-0.2, 0) is 6.42 Å². The average molecular weight is 296 g/mol. The van der Waals surface area contributed by atoms with Gasteiger partial charge in [-0.25, -0.2) is 4.39 Å². The molecule has 0 aromatic heterocycles. The van der Waals surface area contributed by atoms with Gasteiger partial charge < -0.3 is 5.32 Å². The molecule has 0 bridgehead atoms. The van der Waals surface area contributed by atoms with E-state index in [1.807, 2.05) is 12.1 Å². The van der Waals surface area contributed by atoms with Crippen molar-refractivity contribution in [3.63, 3.8) is 0 Å². The van der Waals surface area contributed by atoms with Gasteiger partial charge in [0.05, 0.1) is 5.02 Å². The van der Waals surface area contributed by atoms with Gasteiger partial charge in [-0.3, -0.25) is 0 Å². The molecule has 2 atom stereocenters. The average Bonchev–Trinajstić information content (AvgIpc) is 3.04. The Kier molecular flexibility index (Phi) is 4.05. The molecule has 20 heavy (non-hydrogen) atoms. The zero-order valence-corrected chi connectivity index (χ0v) is 12.8. The van der Waals surface area contributed by atoms with Crippen LogP contribution in [-0.4, -0.2) is 13.1 Å². The minimum absolute atomic E-state index is 0.218. The molecule has 1 N–H and O–H groups in total. The summed E-state index contributed by atoms with van der Waals surface area (Å²) in [6.07, 6.45) is 5.87. The molecule has 0 spiro atoms. The van der Waals surface area contributed by atoms with Gasteiger partial charge in [0.1, 0.15) is 5.82 Å². The molecule has 2 aliphatic rings. The second kappa shape index (κ2) is 5.65. The summed E-state index contributed by atoms with van der Waals surface area (Å²) >= 11 is 5.92. The third kappa shape index (κ3) is 2.87. The number of fused-ring (bicyclic) bond motifs is 1. The van der Waals surface area contributed by atoms with Gasteiger partial charge in [-0.15, -0.1) is 0 Å². The van der Waals surface area contributed by atoms with Crippen LogP contribution in [0.25, 0.3) is 0 Å². The molecular weight excluding hydrogens is 273 g/mol. The first-order chi connectivity index (χ1) is 9.63. The van der Waals surface area contributed by atoms with Crippen molar-refractivity contribution < 1.29 is 4.39 Å². The minimum atomic E-state index is -0.218. The number of hydrogen-bond donors (Lipinski definition) is 1. The maximum atomic E-state index is 14.2. The second-order valence-corrected chi connectivity index (χ2v) is 7.14. The summed E-state index contributed by atoms with van der Waals surface area (Å²) in [5.41, 5.74) is 1.03. The zero-order valence-electron chi connectivity index (χ0n) is 12.1. The summed E-state index contributed by atoms with van der Waals surface area (Å²) in [4.78, 5) is 0. The van der Waals surface area contributed by atoms with Crippen LogP contribution in [0.2, 0.25) is 5.02 Å². The Morgan fingerprint density at radius 3 is 2.80 bits per heavy atom. The third-order valence-electron chi connectivity index (χ3n) is 4.98. The normalized spacial score (nSPS) is 31.4. The predicted octanol–water partition coefficient (Wildman–Crippen LogP) is 4.44. The second-order valence-electron chi connectivity index (χ2n) is 6.73. The largest absolute Gasteiger partial charge is 0.316 e. The highest BCUT2D eigenvalue weighted by Gasteiger charge is 2.53. The van der Waals surface area contributed by atoms with Crippen LogP contribution in [0.5, 0.6) is 0 Å². The van der Waals surface area contributed by atoms with Gasteiger partial charge in [-0.05, 0) is 67.5 Å². The first-order valence-corrected chi connectivity index (χ1v) is 8.15. The molecule has 0 amide bonds. The maximum Gasteiger partial charge on any atom is 0.144 e. The molecule has 2 unspecified atom stereocenters. The Bertz CT molecular complexity index is 478. The van der Waals surface area contributed by atoms with E-state index in [4.69, 9.17) is 11.6 Å². The van der Waals surface area contributed by atoms with Crippen molar-refractivity contribution in [1.29, 1.82) is 0 Å². The van der Waals surface area contributed by atoms with Gasteiger partial charge in [0.25, 0.3) is 0 Å². The van der Waals surface area contributed by atoms with Crippen molar-refractivity contribution in [2.75, 3.05) is 13.1 Å². The van der Waals surface area contributed by atoms with Crippen molar-refractivity contribution >= 4 is 11.6 Å². The lowest BCUT2D eigenvalue weighted by Gasteiger charge is -2.32. The van der Waals surface area contributed by atoms with Gasteiger partial charge in [-0.2, -0.15) is 0 Å². The Labute approximate surface area is 125 Å². The van der Waals surface area contributed by atoms with Crippen molar-refractivity contribution in [3.8, 4) is 0 Å². The molecule has 3 rings (SSSR count). The highest BCUT2D eigenvalue weighted by Crippen LogP contribution is 2.60. The van der Waals surface area contributed by atoms with Crippen LogP contribution < -0.4 is 5.32 Å². The van der Waals surface area contributed by atoms with E-state index in [0.717, 1.165) is 43.3 Å². The monoisotopic (exact) mass is 295 g/mol. The number of rotatable bonds is 6. The van der Waals surface area contributed by atoms with Gasteiger partial charge in [0, 0.05) is 6.54 Å². The molecule has 0 saturated heterocycles. The van der Waals surface area contributed by atoms with Crippen LogP contribution in [0.3, 0.4) is 0 Å². The summed E-state index contributed by atoms with van der Waals surface area (Å²) in [6, 6.07) is 5.39. The molecule has 0 aliphatic heterocycles. The van der Waals surface area contributed by atoms with E-state index in [0.29, 0.717) is 0 Å². The summed E-state index contributed by atoms with van der Waals surface area (Å²) in [5, 5.41) is 3.81. The van der Waals surface area contributed by atoms with E-state index in [2.05, 4.69) is 12.2 Å². The molecule has 0 heterocycles. The van der Waals surface area contributed by atoms with Crippen molar-refractivity contribution in [2.45, 2.75) is 39.0 Å². The fourth-order valence-electron chi connectivity index (χ4n) is 3.98. The predicted molar refractivity (Wildman–Crippen MR) is 81.5 cm³/mol. The lowest BCUT2D eigenvalue weighted by molar-refractivity contribution is 0.246. The van der Waals surface area contributed by atoms with Crippen LogP contribution in [0, 0.1) is 23.1 Å². The van der Waals surface area contributed by atoms with Gasteiger partial charge in [-0.1, -0.05) is 30.7 Å². The minimum Gasteiger partial charge on any atom is -0.316 e. The topological polar surface area (TPSA) is 12.0 Å². The molecule has 110 valence electrons. The molecule has 2 fully saturated rings. The fourth-order valence-corrected chi connectivity index (χ4v) is 4.17. The maximum absolute atomic E-state index is 14.2. The van der Waals surface area contributed by atoms with Crippen molar-refractivity contribution in [1.82, 2.24) is 5.32 Å². The third-order valence-corrected chi connectivity index (χ3v) is 5.28. The zero-order chi connectivity index (χ0) is 14.2. The molecule has 2 aliphatic carbocycles. The molecule has 1 aromatic carbocycles.